The molecule has 1 nitrogen and oxygen atoms in total. The number of aryl methyl sites for hydroxylation is 1. The number of aromatic nitrogens is 1. The van der Waals surface area contributed by atoms with Crippen molar-refractivity contribution in [1.29, 1.82) is 0 Å². The minimum atomic E-state index is 0.580. The highest BCUT2D eigenvalue weighted by molar-refractivity contribution is 5.16. The second kappa shape index (κ2) is 5.29. The molecule has 0 saturated heterocycles. The van der Waals surface area contributed by atoms with Gasteiger partial charge in [0.25, 0.3) is 0 Å². The van der Waals surface area contributed by atoms with Crippen molar-refractivity contribution in [2.75, 3.05) is 0 Å². The molecule has 0 aliphatic carbocycles. The molecule has 0 aromatic carbocycles. The van der Waals surface area contributed by atoms with Crippen LogP contribution in [0, 0.1) is 11.8 Å². The Hall–Kier alpha value is -0.850. The summed E-state index contributed by atoms with van der Waals surface area (Å²) < 4.78 is 0. The van der Waals surface area contributed by atoms with Crippen molar-refractivity contribution < 1.29 is 0 Å². The van der Waals surface area contributed by atoms with Crippen LogP contribution in [-0.4, -0.2) is 4.98 Å². The molecule has 0 amide bonds. The minimum absolute atomic E-state index is 0.580. The maximum absolute atomic E-state index is 4.73. The zero-order valence-corrected chi connectivity index (χ0v) is 10.6. The average Bonchev–Trinajstić information content (AvgIpc) is 2.17. The predicted octanol–water partition coefficient (Wildman–Crippen LogP) is 4.04. The summed E-state index contributed by atoms with van der Waals surface area (Å²) in [6.07, 6.45) is 1.02. The summed E-state index contributed by atoms with van der Waals surface area (Å²) >= 11 is 0. The fraction of sp³-hybridized carbons (Fsp3) is 0.643. The third kappa shape index (κ3) is 3.05. The monoisotopic (exact) mass is 205 g/mol. The van der Waals surface area contributed by atoms with Gasteiger partial charge in [0.2, 0.25) is 0 Å². The highest BCUT2D eigenvalue weighted by Crippen LogP contribution is 2.30. The lowest BCUT2D eigenvalue weighted by molar-refractivity contribution is 0.379. The van der Waals surface area contributed by atoms with Crippen LogP contribution < -0.4 is 0 Å². The zero-order chi connectivity index (χ0) is 11.4. The normalized spacial score (nSPS) is 11.7. The first kappa shape index (κ1) is 12.2. The van der Waals surface area contributed by atoms with E-state index in [1.807, 2.05) is 0 Å². The van der Waals surface area contributed by atoms with Crippen molar-refractivity contribution in [3.05, 3.63) is 29.6 Å². The molecular weight excluding hydrogens is 182 g/mol. The van der Waals surface area contributed by atoms with Crippen LogP contribution in [0.2, 0.25) is 0 Å². The largest absolute Gasteiger partial charge is 0.258 e. The van der Waals surface area contributed by atoms with Crippen LogP contribution in [0.5, 0.6) is 0 Å². The molecular formula is C14H23N. The van der Waals surface area contributed by atoms with E-state index in [9.17, 15) is 0 Å². The Labute approximate surface area is 93.9 Å². The lowest BCUT2D eigenvalue weighted by Crippen LogP contribution is -2.15. The van der Waals surface area contributed by atoms with Gasteiger partial charge in [-0.3, -0.25) is 4.98 Å². The molecule has 0 saturated carbocycles. The van der Waals surface area contributed by atoms with E-state index in [0.717, 1.165) is 6.42 Å². The van der Waals surface area contributed by atoms with E-state index < -0.39 is 0 Å². The van der Waals surface area contributed by atoms with Gasteiger partial charge in [-0.1, -0.05) is 40.7 Å². The second-order valence-corrected chi connectivity index (χ2v) is 4.92. The van der Waals surface area contributed by atoms with Gasteiger partial charge in [-0.2, -0.15) is 0 Å². The van der Waals surface area contributed by atoms with Gasteiger partial charge in [-0.05, 0) is 30.4 Å². The summed E-state index contributed by atoms with van der Waals surface area (Å²) in [5, 5.41) is 0. The van der Waals surface area contributed by atoms with E-state index in [1.54, 1.807) is 0 Å². The highest BCUT2D eigenvalue weighted by Gasteiger charge is 2.20. The lowest BCUT2D eigenvalue weighted by atomic mass is 9.82. The van der Waals surface area contributed by atoms with Gasteiger partial charge in [0, 0.05) is 17.3 Å². The fourth-order valence-electron chi connectivity index (χ4n) is 2.33. The molecule has 0 unspecified atom stereocenters. The van der Waals surface area contributed by atoms with Crippen molar-refractivity contribution >= 4 is 0 Å². The molecule has 1 heteroatoms. The number of nitrogens with zero attached hydrogens (tertiary/aromatic N) is 1. The van der Waals surface area contributed by atoms with Gasteiger partial charge in [-0.25, -0.2) is 0 Å². The van der Waals surface area contributed by atoms with E-state index in [1.165, 1.54) is 11.4 Å². The first-order valence-corrected chi connectivity index (χ1v) is 6.02. The lowest BCUT2D eigenvalue weighted by Gasteiger charge is -2.24. The molecule has 84 valence electrons. The van der Waals surface area contributed by atoms with Crippen LogP contribution in [0.25, 0.3) is 0 Å². The van der Waals surface area contributed by atoms with E-state index in [4.69, 9.17) is 4.98 Å². The van der Waals surface area contributed by atoms with Gasteiger partial charge in [0.15, 0.2) is 0 Å². The Morgan fingerprint density at radius 1 is 1.07 bits per heavy atom. The molecule has 0 aliphatic heterocycles. The van der Waals surface area contributed by atoms with Crippen molar-refractivity contribution in [1.82, 2.24) is 4.98 Å². The average molecular weight is 205 g/mol. The van der Waals surface area contributed by atoms with Gasteiger partial charge in [0.05, 0.1) is 0 Å². The minimum Gasteiger partial charge on any atom is -0.258 e. The maximum Gasteiger partial charge on any atom is 0.0442 e. The molecule has 0 aliphatic rings. The second-order valence-electron chi connectivity index (χ2n) is 4.92. The summed E-state index contributed by atoms with van der Waals surface area (Å²) in [4.78, 5) is 4.73. The number of hydrogen-bond donors (Lipinski definition) is 0. The Morgan fingerprint density at radius 2 is 1.67 bits per heavy atom. The first-order valence-electron chi connectivity index (χ1n) is 6.02. The Morgan fingerprint density at radius 3 is 2.13 bits per heavy atom. The predicted molar refractivity (Wildman–Crippen MR) is 66.0 cm³/mol. The van der Waals surface area contributed by atoms with Crippen molar-refractivity contribution in [3.8, 4) is 0 Å². The zero-order valence-electron chi connectivity index (χ0n) is 10.6. The third-order valence-electron chi connectivity index (χ3n) is 2.97. The molecule has 0 bridgehead atoms. The quantitative estimate of drug-likeness (QED) is 0.723. The van der Waals surface area contributed by atoms with E-state index >= 15 is 0 Å². The fourth-order valence-corrected chi connectivity index (χ4v) is 2.33. The molecule has 0 N–H and O–H groups in total. The SMILES string of the molecule is CCc1cccc(C(C(C)C)C(C)C)n1. The smallest absolute Gasteiger partial charge is 0.0442 e. The van der Waals surface area contributed by atoms with Crippen LogP contribution in [0.1, 0.15) is 51.9 Å². The van der Waals surface area contributed by atoms with Gasteiger partial charge >= 0.3 is 0 Å². The van der Waals surface area contributed by atoms with Gasteiger partial charge < -0.3 is 0 Å². The van der Waals surface area contributed by atoms with Crippen molar-refractivity contribution in [2.45, 2.75) is 47.0 Å². The molecule has 1 aromatic rings. The standard InChI is InChI=1S/C14H23N/c1-6-12-8-7-9-13(15-12)14(10(2)3)11(4)5/h7-11,14H,6H2,1-5H3. The summed E-state index contributed by atoms with van der Waals surface area (Å²) in [6, 6.07) is 6.42. The summed E-state index contributed by atoms with van der Waals surface area (Å²) in [5.41, 5.74) is 2.47. The van der Waals surface area contributed by atoms with Crippen LogP contribution in [0.3, 0.4) is 0 Å². The molecule has 0 spiro atoms. The summed E-state index contributed by atoms with van der Waals surface area (Å²) in [6.45, 7) is 11.3. The molecule has 15 heavy (non-hydrogen) atoms. The third-order valence-corrected chi connectivity index (χ3v) is 2.97. The van der Waals surface area contributed by atoms with E-state index in [0.29, 0.717) is 17.8 Å². The van der Waals surface area contributed by atoms with Crippen LogP contribution >= 0.6 is 0 Å². The molecule has 1 heterocycles. The highest BCUT2D eigenvalue weighted by atomic mass is 14.7. The number of rotatable bonds is 4. The molecule has 0 fully saturated rings. The molecule has 0 radical (unpaired) electrons. The Balaban J connectivity index is 3.00. The van der Waals surface area contributed by atoms with Crippen LogP contribution in [0.4, 0.5) is 0 Å². The number of pyridine rings is 1. The Bertz CT molecular complexity index is 294. The van der Waals surface area contributed by atoms with Crippen LogP contribution in [0.15, 0.2) is 18.2 Å². The summed E-state index contributed by atoms with van der Waals surface area (Å²) in [7, 11) is 0. The maximum atomic E-state index is 4.73. The molecule has 1 aromatic heterocycles. The van der Waals surface area contributed by atoms with Crippen molar-refractivity contribution in [2.24, 2.45) is 11.8 Å². The van der Waals surface area contributed by atoms with E-state index in [-0.39, 0.29) is 0 Å². The molecule has 1 rings (SSSR count). The van der Waals surface area contributed by atoms with Gasteiger partial charge in [0.1, 0.15) is 0 Å². The molecule has 0 atom stereocenters. The Kier molecular flexibility index (Phi) is 4.31. The van der Waals surface area contributed by atoms with Crippen LogP contribution in [-0.2, 0) is 6.42 Å². The van der Waals surface area contributed by atoms with E-state index in [2.05, 4.69) is 52.8 Å². The first-order chi connectivity index (χ1) is 7.06. The van der Waals surface area contributed by atoms with Crippen molar-refractivity contribution in [3.63, 3.8) is 0 Å². The topological polar surface area (TPSA) is 12.9 Å². The summed E-state index contributed by atoms with van der Waals surface area (Å²) in [5.74, 6) is 1.89. The number of hydrogen-bond acceptors (Lipinski definition) is 1. The van der Waals surface area contributed by atoms with Gasteiger partial charge in [-0.15, -0.1) is 0 Å².